The molecule has 2 aromatic rings. The average Bonchev–Trinajstić information content (AvgIpc) is 2.84. The largest absolute Gasteiger partial charge is 0.336 e. The molecule has 2 aromatic carbocycles. The second-order valence-corrected chi connectivity index (χ2v) is 12.0. The van der Waals surface area contributed by atoms with Gasteiger partial charge in [0.15, 0.2) is 0 Å². The molecular weight excluding hydrogens is 450 g/mol. The third-order valence-electron chi connectivity index (χ3n) is 6.63. The number of piperazine rings is 1. The summed E-state index contributed by atoms with van der Waals surface area (Å²) < 4.78 is 27.7. The molecule has 0 aromatic heterocycles. The van der Waals surface area contributed by atoms with Crippen molar-refractivity contribution in [3.8, 4) is 0 Å². The number of carbonyl (C=O) groups excluding carboxylic acids is 2. The van der Waals surface area contributed by atoms with Gasteiger partial charge in [-0.3, -0.25) is 9.59 Å². The average molecular weight is 484 g/mol. The van der Waals surface area contributed by atoms with Gasteiger partial charge in [-0.2, -0.15) is 4.31 Å². The number of nitrogens with zero attached hydrogens (tertiary/aromatic N) is 3. The van der Waals surface area contributed by atoms with Crippen LogP contribution in [0.25, 0.3) is 0 Å². The third kappa shape index (κ3) is 5.03. The van der Waals surface area contributed by atoms with Crippen molar-refractivity contribution in [2.75, 3.05) is 37.6 Å². The van der Waals surface area contributed by atoms with Gasteiger partial charge >= 0.3 is 0 Å². The lowest BCUT2D eigenvalue weighted by Gasteiger charge is -2.34. The van der Waals surface area contributed by atoms with Gasteiger partial charge in [-0.25, -0.2) is 8.42 Å². The van der Waals surface area contributed by atoms with Gasteiger partial charge in [0.2, 0.25) is 15.9 Å². The van der Waals surface area contributed by atoms with E-state index in [1.165, 1.54) is 4.31 Å². The molecule has 0 bridgehead atoms. The van der Waals surface area contributed by atoms with Crippen molar-refractivity contribution in [2.45, 2.75) is 50.3 Å². The molecule has 34 heavy (non-hydrogen) atoms. The number of anilines is 1. The van der Waals surface area contributed by atoms with E-state index in [0.29, 0.717) is 31.6 Å². The Morgan fingerprint density at radius 2 is 1.44 bits per heavy atom. The van der Waals surface area contributed by atoms with Crippen LogP contribution in [0.2, 0.25) is 0 Å². The number of sulfonamides is 1. The number of hydrogen-bond acceptors (Lipinski definition) is 4. The van der Waals surface area contributed by atoms with E-state index in [0.717, 1.165) is 24.1 Å². The van der Waals surface area contributed by atoms with Crippen molar-refractivity contribution >= 4 is 27.5 Å². The second-order valence-electron chi connectivity index (χ2n) is 10.0. The molecule has 0 unspecified atom stereocenters. The lowest BCUT2D eigenvalue weighted by Crippen LogP contribution is -2.50. The lowest BCUT2D eigenvalue weighted by atomic mass is 9.87. The van der Waals surface area contributed by atoms with Crippen LogP contribution >= 0.6 is 0 Å². The molecule has 0 radical (unpaired) electrons. The summed E-state index contributed by atoms with van der Waals surface area (Å²) in [6.07, 6.45) is 2.48. The van der Waals surface area contributed by atoms with Crippen LogP contribution in [0.15, 0.2) is 53.4 Å². The van der Waals surface area contributed by atoms with Crippen LogP contribution in [0, 0.1) is 0 Å². The number of carbonyl (C=O) groups is 2. The van der Waals surface area contributed by atoms with Gasteiger partial charge in [-0.1, -0.05) is 32.9 Å². The van der Waals surface area contributed by atoms with Gasteiger partial charge in [0.05, 0.1) is 4.90 Å². The van der Waals surface area contributed by atoms with Crippen molar-refractivity contribution in [3.63, 3.8) is 0 Å². The summed E-state index contributed by atoms with van der Waals surface area (Å²) in [5.41, 5.74) is 2.39. The Kier molecular flexibility index (Phi) is 6.82. The molecule has 0 N–H and O–H groups in total. The Morgan fingerprint density at radius 1 is 0.824 bits per heavy atom. The Labute approximate surface area is 202 Å². The van der Waals surface area contributed by atoms with Crippen LogP contribution < -0.4 is 4.90 Å². The van der Waals surface area contributed by atoms with E-state index in [4.69, 9.17) is 0 Å². The zero-order valence-corrected chi connectivity index (χ0v) is 21.0. The van der Waals surface area contributed by atoms with Crippen molar-refractivity contribution in [2.24, 2.45) is 0 Å². The van der Waals surface area contributed by atoms with Crippen LogP contribution in [0.5, 0.6) is 0 Å². The summed E-state index contributed by atoms with van der Waals surface area (Å²) in [7, 11) is -3.60. The first kappa shape index (κ1) is 24.4. The maximum absolute atomic E-state index is 13.1. The van der Waals surface area contributed by atoms with Crippen LogP contribution in [0.1, 0.15) is 56.0 Å². The highest BCUT2D eigenvalue weighted by Crippen LogP contribution is 2.26. The molecule has 0 atom stereocenters. The highest BCUT2D eigenvalue weighted by molar-refractivity contribution is 7.89. The molecular formula is C26H33N3O4S. The van der Waals surface area contributed by atoms with Gasteiger partial charge in [0.25, 0.3) is 5.91 Å². The molecule has 182 valence electrons. The number of amides is 2. The fourth-order valence-corrected chi connectivity index (χ4v) is 5.88. The standard InChI is InChI=1S/C26H33N3O4S/c1-26(2,3)21-9-13-23(14-10-21)34(32,33)28-18-16-27(17-19-28)25(31)20-7-11-22(12-8-20)29-15-5-4-6-24(29)30/h7-14H,4-6,15-19H2,1-3H3. The zero-order chi connectivity index (χ0) is 24.5. The Morgan fingerprint density at radius 3 is 2.00 bits per heavy atom. The van der Waals surface area contributed by atoms with E-state index in [2.05, 4.69) is 20.8 Å². The molecule has 7 nitrogen and oxygen atoms in total. The van der Waals surface area contributed by atoms with E-state index >= 15 is 0 Å². The maximum atomic E-state index is 13.1. The summed E-state index contributed by atoms with van der Waals surface area (Å²) in [4.78, 5) is 28.9. The zero-order valence-electron chi connectivity index (χ0n) is 20.2. The SMILES string of the molecule is CC(C)(C)c1ccc(S(=O)(=O)N2CCN(C(=O)c3ccc(N4CCCCC4=O)cc3)CC2)cc1. The second kappa shape index (κ2) is 9.50. The molecule has 2 aliphatic rings. The fraction of sp³-hybridized carbons (Fsp3) is 0.462. The lowest BCUT2D eigenvalue weighted by molar-refractivity contribution is -0.119. The van der Waals surface area contributed by atoms with Crippen molar-refractivity contribution in [3.05, 3.63) is 59.7 Å². The molecule has 0 aliphatic carbocycles. The predicted molar refractivity (Wildman–Crippen MR) is 132 cm³/mol. The minimum Gasteiger partial charge on any atom is -0.336 e. The van der Waals surface area contributed by atoms with E-state index in [1.807, 2.05) is 24.3 Å². The first-order chi connectivity index (χ1) is 16.1. The van der Waals surface area contributed by atoms with Gasteiger partial charge in [-0.15, -0.1) is 0 Å². The Hall–Kier alpha value is -2.71. The molecule has 2 saturated heterocycles. The summed E-state index contributed by atoms with van der Waals surface area (Å²) in [6, 6.07) is 14.2. The summed E-state index contributed by atoms with van der Waals surface area (Å²) in [5.74, 6) is -0.00111. The topological polar surface area (TPSA) is 78.0 Å². The smallest absolute Gasteiger partial charge is 0.253 e. The van der Waals surface area contributed by atoms with Gasteiger partial charge in [0, 0.05) is 50.4 Å². The van der Waals surface area contributed by atoms with Gasteiger partial charge < -0.3 is 9.80 Å². The highest BCUT2D eigenvalue weighted by atomic mass is 32.2. The van der Waals surface area contributed by atoms with Crippen LogP contribution in [-0.4, -0.2) is 62.2 Å². The van der Waals surface area contributed by atoms with Crippen molar-refractivity contribution < 1.29 is 18.0 Å². The fourth-order valence-electron chi connectivity index (χ4n) is 4.45. The summed E-state index contributed by atoms with van der Waals surface area (Å²) in [5, 5.41) is 0. The monoisotopic (exact) mass is 483 g/mol. The minimum atomic E-state index is -3.60. The first-order valence-corrected chi connectivity index (χ1v) is 13.3. The third-order valence-corrected chi connectivity index (χ3v) is 8.55. The number of rotatable bonds is 4. The molecule has 8 heteroatoms. The summed E-state index contributed by atoms with van der Waals surface area (Å²) in [6.45, 7) is 8.18. The molecule has 4 rings (SSSR count). The maximum Gasteiger partial charge on any atom is 0.253 e. The van der Waals surface area contributed by atoms with Crippen molar-refractivity contribution in [1.29, 1.82) is 0 Å². The first-order valence-electron chi connectivity index (χ1n) is 11.9. The van der Waals surface area contributed by atoms with Gasteiger partial charge in [0.1, 0.15) is 0 Å². The Bertz CT molecular complexity index is 1140. The van der Waals surface area contributed by atoms with Crippen molar-refractivity contribution in [1.82, 2.24) is 9.21 Å². The summed E-state index contributed by atoms with van der Waals surface area (Å²) >= 11 is 0. The van der Waals surface area contributed by atoms with E-state index in [9.17, 15) is 18.0 Å². The molecule has 2 heterocycles. The Balaban J connectivity index is 1.38. The van der Waals surface area contributed by atoms with Crippen LogP contribution in [0.3, 0.4) is 0 Å². The predicted octanol–water partition coefficient (Wildman–Crippen LogP) is 3.65. The molecule has 2 fully saturated rings. The van der Waals surface area contributed by atoms with Crippen LogP contribution in [0.4, 0.5) is 5.69 Å². The minimum absolute atomic E-state index is 0.0458. The van der Waals surface area contributed by atoms with Gasteiger partial charge in [-0.05, 0) is 60.2 Å². The molecule has 0 saturated carbocycles. The number of hydrogen-bond donors (Lipinski definition) is 0. The normalized spacial score (nSPS) is 18.3. The number of benzene rings is 2. The molecule has 0 spiro atoms. The molecule has 2 aliphatic heterocycles. The number of piperidine rings is 1. The van der Waals surface area contributed by atoms with E-state index in [-0.39, 0.29) is 35.2 Å². The molecule has 2 amide bonds. The van der Waals surface area contributed by atoms with E-state index < -0.39 is 10.0 Å². The highest BCUT2D eigenvalue weighted by Gasteiger charge is 2.31. The van der Waals surface area contributed by atoms with Crippen LogP contribution in [-0.2, 0) is 20.2 Å². The quantitative estimate of drug-likeness (QED) is 0.665. The van der Waals surface area contributed by atoms with E-state index in [1.54, 1.807) is 34.1 Å².